The van der Waals surface area contributed by atoms with E-state index in [1.165, 1.54) is 0 Å². The molecule has 1 aromatic carbocycles. The van der Waals surface area contributed by atoms with Gasteiger partial charge in [0.1, 0.15) is 11.3 Å². The Bertz CT molecular complexity index is 583. The van der Waals surface area contributed by atoms with Gasteiger partial charge in [0, 0.05) is 28.9 Å². The SMILES string of the molecule is CCS(=O)CCn1c(CCl)nc2c(Cl)cccc21. The predicted molar refractivity (Wildman–Crippen MR) is 77.9 cm³/mol. The molecule has 1 heterocycles. The van der Waals surface area contributed by atoms with Crippen LogP contribution in [0.1, 0.15) is 12.7 Å². The Balaban J connectivity index is 2.41. The molecular formula is C12H14Cl2N2OS. The maximum absolute atomic E-state index is 11.5. The molecule has 18 heavy (non-hydrogen) atoms. The second-order valence-corrected chi connectivity index (χ2v) is 6.39. The highest BCUT2D eigenvalue weighted by Gasteiger charge is 2.12. The lowest BCUT2D eigenvalue weighted by molar-refractivity contribution is 0.673. The van der Waals surface area contributed by atoms with Crippen molar-refractivity contribution in [2.24, 2.45) is 0 Å². The summed E-state index contributed by atoms with van der Waals surface area (Å²) < 4.78 is 13.5. The molecule has 0 spiro atoms. The van der Waals surface area contributed by atoms with E-state index in [1.807, 2.05) is 29.7 Å². The van der Waals surface area contributed by atoms with Gasteiger partial charge in [-0.15, -0.1) is 11.6 Å². The number of benzene rings is 1. The zero-order valence-electron chi connectivity index (χ0n) is 10.0. The van der Waals surface area contributed by atoms with Crippen molar-refractivity contribution in [1.29, 1.82) is 0 Å². The predicted octanol–water partition coefficient (Wildman–Crippen LogP) is 3.20. The second kappa shape index (κ2) is 6.04. The van der Waals surface area contributed by atoms with E-state index in [-0.39, 0.29) is 0 Å². The molecular weight excluding hydrogens is 291 g/mol. The smallest absolute Gasteiger partial charge is 0.124 e. The van der Waals surface area contributed by atoms with Crippen molar-refractivity contribution in [2.75, 3.05) is 11.5 Å². The van der Waals surface area contributed by atoms with Crippen molar-refractivity contribution in [3.05, 3.63) is 29.0 Å². The average Bonchev–Trinajstić information content (AvgIpc) is 2.75. The standard InChI is InChI=1S/C12H14Cl2N2OS/c1-2-18(17)7-6-16-10-5-3-4-9(14)12(10)15-11(16)8-13/h3-5H,2,6-8H2,1H3. The number of halogens is 2. The van der Waals surface area contributed by atoms with Crippen molar-refractivity contribution < 1.29 is 4.21 Å². The van der Waals surface area contributed by atoms with Crippen LogP contribution in [0.15, 0.2) is 18.2 Å². The third kappa shape index (κ3) is 2.71. The first kappa shape index (κ1) is 13.8. The van der Waals surface area contributed by atoms with E-state index in [0.717, 1.165) is 16.9 Å². The molecule has 2 rings (SSSR count). The number of nitrogens with zero attached hydrogens (tertiary/aromatic N) is 2. The maximum Gasteiger partial charge on any atom is 0.124 e. The molecule has 3 nitrogen and oxygen atoms in total. The molecule has 0 saturated carbocycles. The van der Waals surface area contributed by atoms with Crippen molar-refractivity contribution in [3.63, 3.8) is 0 Å². The van der Waals surface area contributed by atoms with Gasteiger partial charge in [-0.2, -0.15) is 0 Å². The van der Waals surface area contributed by atoms with Gasteiger partial charge in [-0.3, -0.25) is 4.21 Å². The van der Waals surface area contributed by atoms with Crippen molar-refractivity contribution in [2.45, 2.75) is 19.3 Å². The summed E-state index contributed by atoms with van der Waals surface area (Å²) in [6.45, 7) is 2.57. The van der Waals surface area contributed by atoms with Crippen LogP contribution in [0.2, 0.25) is 5.02 Å². The van der Waals surface area contributed by atoms with Crippen LogP contribution in [0.4, 0.5) is 0 Å². The molecule has 2 aromatic rings. The minimum Gasteiger partial charge on any atom is -0.326 e. The van der Waals surface area contributed by atoms with E-state index in [0.29, 0.717) is 29.0 Å². The number of para-hydroxylation sites is 1. The molecule has 98 valence electrons. The number of aryl methyl sites for hydroxylation is 1. The molecule has 6 heteroatoms. The van der Waals surface area contributed by atoms with Gasteiger partial charge in [0.15, 0.2) is 0 Å². The lowest BCUT2D eigenvalue weighted by Gasteiger charge is -2.06. The van der Waals surface area contributed by atoms with Gasteiger partial charge in [0.25, 0.3) is 0 Å². The molecule has 0 saturated heterocycles. The molecule has 0 bridgehead atoms. The number of imidazole rings is 1. The van der Waals surface area contributed by atoms with E-state index < -0.39 is 10.8 Å². The third-order valence-electron chi connectivity index (χ3n) is 2.79. The first-order valence-corrected chi connectivity index (χ1v) is 8.12. The summed E-state index contributed by atoms with van der Waals surface area (Å²) >= 11 is 12.0. The largest absolute Gasteiger partial charge is 0.326 e. The highest BCUT2D eigenvalue weighted by atomic mass is 35.5. The number of hydrogen-bond acceptors (Lipinski definition) is 2. The van der Waals surface area contributed by atoms with Crippen molar-refractivity contribution in [1.82, 2.24) is 9.55 Å². The molecule has 1 atom stereocenters. The number of alkyl halides is 1. The number of rotatable bonds is 5. The molecule has 0 aliphatic rings. The normalized spacial score (nSPS) is 13.1. The van der Waals surface area contributed by atoms with Crippen LogP contribution in [0.3, 0.4) is 0 Å². The fourth-order valence-electron chi connectivity index (χ4n) is 1.85. The number of fused-ring (bicyclic) bond motifs is 1. The van der Waals surface area contributed by atoms with Gasteiger partial charge in [-0.1, -0.05) is 24.6 Å². The molecule has 0 amide bonds. The van der Waals surface area contributed by atoms with Gasteiger partial charge in [0.2, 0.25) is 0 Å². The lowest BCUT2D eigenvalue weighted by Crippen LogP contribution is -2.11. The van der Waals surface area contributed by atoms with Crippen LogP contribution in [0.5, 0.6) is 0 Å². The van der Waals surface area contributed by atoms with E-state index >= 15 is 0 Å². The number of hydrogen-bond donors (Lipinski definition) is 0. The van der Waals surface area contributed by atoms with Gasteiger partial charge in [-0.05, 0) is 12.1 Å². The van der Waals surface area contributed by atoms with E-state index in [9.17, 15) is 4.21 Å². The Morgan fingerprint density at radius 1 is 1.44 bits per heavy atom. The van der Waals surface area contributed by atoms with Crippen molar-refractivity contribution in [3.8, 4) is 0 Å². The number of aromatic nitrogens is 2. The highest BCUT2D eigenvalue weighted by Crippen LogP contribution is 2.24. The summed E-state index contributed by atoms with van der Waals surface area (Å²) in [5.41, 5.74) is 1.71. The molecule has 0 aliphatic carbocycles. The minimum atomic E-state index is -0.795. The van der Waals surface area contributed by atoms with Crippen LogP contribution in [0.25, 0.3) is 11.0 Å². The van der Waals surface area contributed by atoms with Crippen LogP contribution in [-0.4, -0.2) is 25.3 Å². The highest BCUT2D eigenvalue weighted by molar-refractivity contribution is 7.84. The van der Waals surface area contributed by atoms with Gasteiger partial charge in [0.05, 0.1) is 16.4 Å². The topological polar surface area (TPSA) is 34.9 Å². The summed E-state index contributed by atoms with van der Waals surface area (Å²) in [7, 11) is -0.795. The third-order valence-corrected chi connectivity index (χ3v) is 4.62. The summed E-state index contributed by atoms with van der Waals surface area (Å²) in [5.74, 6) is 2.37. The maximum atomic E-state index is 11.5. The van der Waals surface area contributed by atoms with Gasteiger partial charge in [-0.25, -0.2) is 4.98 Å². The first-order chi connectivity index (χ1) is 8.67. The van der Waals surface area contributed by atoms with E-state index in [2.05, 4.69) is 4.98 Å². The zero-order chi connectivity index (χ0) is 13.1. The molecule has 1 unspecified atom stereocenters. The Hall–Kier alpha value is -0.580. The van der Waals surface area contributed by atoms with Crippen LogP contribution >= 0.6 is 23.2 Å². The summed E-state index contributed by atoms with van der Waals surface area (Å²) in [6, 6.07) is 5.65. The van der Waals surface area contributed by atoms with Crippen molar-refractivity contribution >= 4 is 45.0 Å². The quantitative estimate of drug-likeness (QED) is 0.795. The molecule has 0 aliphatic heterocycles. The Morgan fingerprint density at radius 2 is 2.22 bits per heavy atom. The Kier molecular flexibility index (Phi) is 4.65. The molecule has 0 N–H and O–H groups in total. The van der Waals surface area contributed by atoms with Crippen LogP contribution < -0.4 is 0 Å². The monoisotopic (exact) mass is 304 g/mol. The summed E-state index contributed by atoms with van der Waals surface area (Å²) in [4.78, 5) is 4.43. The molecule has 0 fully saturated rings. The Morgan fingerprint density at radius 3 is 2.89 bits per heavy atom. The molecule has 1 aromatic heterocycles. The first-order valence-electron chi connectivity index (χ1n) is 5.72. The Labute approximate surface area is 119 Å². The molecule has 0 radical (unpaired) electrons. The summed E-state index contributed by atoms with van der Waals surface area (Å²) in [5, 5.41) is 0.620. The van der Waals surface area contributed by atoms with E-state index in [1.54, 1.807) is 0 Å². The van der Waals surface area contributed by atoms with Gasteiger partial charge >= 0.3 is 0 Å². The fourth-order valence-corrected chi connectivity index (χ4v) is 2.94. The van der Waals surface area contributed by atoms with Crippen LogP contribution in [0, 0.1) is 0 Å². The fraction of sp³-hybridized carbons (Fsp3) is 0.417. The zero-order valence-corrected chi connectivity index (χ0v) is 12.4. The second-order valence-electron chi connectivity index (χ2n) is 3.85. The van der Waals surface area contributed by atoms with E-state index in [4.69, 9.17) is 23.2 Å². The summed E-state index contributed by atoms with van der Waals surface area (Å²) in [6.07, 6.45) is 0. The van der Waals surface area contributed by atoms with Gasteiger partial charge < -0.3 is 4.57 Å². The average molecular weight is 305 g/mol. The lowest BCUT2D eigenvalue weighted by atomic mass is 10.3. The van der Waals surface area contributed by atoms with Crippen LogP contribution in [-0.2, 0) is 23.2 Å². The minimum absolute atomic E-state index is 0.323.